The molecule has 0 amide bonds. The number of benzene rings is 1. The highest BCUT2D eigenvalue weighted by molar-refractivity contribution is 5.88. The fraction of sp³-hybridized carbons (Fsp3) is 0.550. The lowest BCUT2D eigenvalue weighted by Gasteiger charge is -2.37. The molecule has 1 fully saturated rings. The first-order chi connectivity index (χ1) is 12.5. The molecular formula is C20H24O6. The summed E-state index contributed by atoms with van der Waals surface area (Å²) in [6.07, 6.45) is 2.89. The zero-order chi connectivity index (χ0) is 18.5. The summed E-state index contributed by atoms with van der Waals surface area (Å²) in [5.41, 5.74) is 0.0315. The number of hydrogen-bond donors (Lipinski definition) is 2. The molecule has 1 saturated carbocycles. The van der Waals surface area contributed by atoms with Gasteiger partial charge in [-0.25, -0.2) is 0 Å². The summed E-state index contributed by atoms with van der Waals surface area (Å²) in [5, 5.41) is 20.5. The summed E-state index contributed by atoms with van der Waals surface area (Å²) in [7, 11) is 0. The van der Waals surface area contributed by atoms with Gasteiger partial charge in [0.2, 0.25) is 0 Å². The van der Waals surface area contributed by atoms with Crippen molar-refractivity contribution in [1.29, 1.82) is 0 Å². The number of ether oxygens (including phenoxy) is 2. The van der Waals surface area contributed by atoms with Gasteiger partial charge in [-0.1, -0.05) is 6.92 Å². The minimum atomic E-state index is -0.927. The van der Waals surface area contributed by atoms with Crippen LogP contribution < -0.4 is 14.9 Å². The van der Waals surface area contributed by atoms with E-state index in [2.05, 4.69) is 0 Å². The van der Waals surface area contributed by atoms with E-state index in [1.54, 1.807) is 13.0 Å². The van der Waals surface area contributed by atoms with Crippen LogP contribution in [0.3, 0.4) is 0 Å². The molecule has 26 heavy (non-hydrogen) atoms. The van der Waals surface area contributed by atoms with Gasteiger partial charge >= 0.3 is 0 Å². The van der Waals surface area contributed by atoms with E-state index in [4.69, 9.17) is 13.9 Å². The molecule has 2 heterocycles. The molecule has 1 aliphatic heterocycles. The molecule has 1 aromatic heterocycles. The minimum Gasteiger partial charge on any atom is -0.492 e. The van der Waals surface area contributed by atoms with Crippen molar-refractivity contribution in [2.45, 2.75) is 63.8 Å². The van der Waals surface area contributed by atoms with Crippen LogP contribution in [0.25, 0.3) is 11.0 Å². The third-order valence-electron chi connectivity index (χ3n) is 5.43. The molecule has 0 bridgehead atoms. The first-order valence-electron chi connectivity index (χ1n) is 9.22. The number of aliphatic hydroxyl groups is 2. The van der Waals surface area contributed by atoms with Crippen molar-refractivity contribution in [2.75, 3.05) is 6.61 Å². The van der Waals surface area contributed by atoms with E-state index >= 15 is 0 Å². The summed E-state index contributed by atoms with van der Waals surface area (Å²) in [6, 6.07) is 3.00. The monoisotopic (exact) mass is 360 g/mol. The Morgan fingerprint density at radius 1 is 1.38 bits per heavy atom. The van der Waals surface area contributed by atoms with Crippen molar-refractivity contribution in [3.05, 3.63) is 33.7 Å². The summed E-state index contributed by atoms with van der Waals surface area (Å²) < 4.78 is 17.8. The Balaban J connectivity index is 1.96. The predicted octanol–water partition coefficient (Wildman–Crippen LogP) is 2.85. The highest BCUT2D eigenvalue weighted by Gasteiger charge is 2.50. The second-order valence-electron chi connectivity index (χ2n) is 7.47. The Bertz CT molecular complexity index is 897. The lowest BCUT2D eigenvalue weighted by Crippen LogP contribution is -2.47. The van der Waals surface area contributed by atoms with Crippen LogP contribution in [0.1, 0.15) is 56.8 Å². The minimum absolute atomic E-state index is 0.0121. The van der Waals surface area contributed by atoms with Gasteiger partial charge in [-0.3, -0.25) is 4.79 Å². The Labute approximate surface area is 151 Å². The van der Waals surface area contributed by atoms with E-state index in [0.29, 0.717) is 35.5 Å². The molecule has 1 aromatic carbocycles. The van der Waals surface area contributed by atoms with Gasteiger partial charge in [0.05, 0.1) is 12.2 Å². The van der Waals surface area contributed by atoms with Crippen molar-refractivity contribution in [1.82, 2.24) is 0 Å². The van der Waals surface area contributed by atoms with Crippen LogP contribution in [0.4, 0.5) is 0 Å². The van der Waals surface area contributed by atoms with Gasteiger partial charge in [-0.2, -0.15) is 0 Å². The van der Waals surface area contributed by atoms with Crippen LogP contribution in [0.15, 0.2) is 21.3 Å². The topological polar surface area (TPSA) is 89.1 Å². The van der Waals surface area contributed by atoms with Gasteiger partial charge in [0.25, 0.3) is 0 Å². The second-order valence-corrected chi connectivity index (χ2v) is 7.47. The Morgan fingerprint density at radius 3 is 2.92 bits per heavy atom. The quantitative estimate of drug-likeness (QED) is 0.871. The third-order valence-corrected chi connectivity index (χ3v) is 5.43. The Kier molecular flexibility index (Phi) is 4.20. The number of rotatable bonds is 4. The zero-order valence-corrected chi connectivity index (χ0v) is 15.1. The maximum Gasteiger partial charge on any atom is 0.196 e. The maximum atomic E-state index is 12.7. The lowest BCUT2D eigenvalue weighted by atomic mass is 9.74. The molecule has 6 nitrogen and oxygen atoms in total. The SMILES string of the molecule is CCCOc1c2c(cc3oc(CO)cc(=O)c13)O[C@H]1[C@@H]2CCC[C@@]1(C)O. The van der Waals surface area contributed by atoms with Crippen LogP contribution in [0.5, 0.6) is 11.5 Å². The van der Waals surface area contributed by atoms with E-state index in [9.17, 15) is 15.0 Å². The molecule has 0 spiro atoms. The van der Waals surface area contributed by atoms with E-state index in [1.165, 1.54) is 6.07 Å². The van der Waals surface area contributed by atoms with Crippen LogP contribution in [0, 0.1) is 0 Å². The number of fused-ring (bicyclic) bond motifs is 4. The Hall–Kier alpha value is -2.05. The number of hydrogen-bond acceptors (Lipinski definition) is 6. The van der Waals surface area contributed by atoms with Crippen molar-refractivity contribution < 1.29 is 24.1 Å². The molecule has 2 N–H and O–H groups in total. The molecule has 2 aromatic rings. The van der Waals surface area contributed by atoms with Gasteiger partial charge in [0.1, 0.15) is 40.9 Å². The van der Waals surface area contributed by atoms with Crippen LogP contribution in [-0.2, 0) is 6.61 Å². The fourth-order valence-corrected chi connectivity index (χ4v) is 4.26. The summed E-state index contributed by atoms with van der Waals surface area (Å²) in [5.74, 6) is 1.29. The zero-order valence-electron chi connectivity index (χ0n) is 15.1. The molecule has 140 valence electrons. The average Bonchev–Trinajstić information content (AvgIpc) is 2.98. The molecular weight excluding hydrogens is 336 g/mol. The van der Waals surface area contributed by atoms with Gasteiger partial charge in [-0.05, 0) is 32.6 Å². The molecule has 3 atom stereocenters. The fourth-order valence-electron chi connectivity index (χ4n) is 4.26. The lowest BCUT2D eigenvalue weighted by molar-refractivity contribution is -0.0725. The van der Waals surface area contributed by atoms with E-state index in [1.807, 2.05) is 6.92 Å². The van der Waals surface area contributed by atoms with Crippen molar-refractivity contribution in [3.8, 4) is 11.5 Å². The average molecular weight is 360 g/mol. The highest BCUT2D eigenvalue weighted by atomic mass is 16.5. The molecule has 2 aliphatic rings. The third kappa shape index (κ3) is 2.59. The number of aliphatic hydroxyl groups excluding tert-OH is 1. The van der Waals surface area contributed by atoms with Crippen LogP contribution >= 0.6 is 0 Å². The van der Waals surface area contributed by atoms with Crippen molar-refractivity contribution in [2.24, 2.45) is 0 Å². The molecule has 0 radical (unpaired) electrons. The van der Waals surface area contributed by atoms with Crippen molar-refractivity contribution in [3.63, 3.8) is 0 Å². The highest BCUT2D eigenvalue weighted by Crippen LogP contribution is 2.54. The van der Waals surface area contributed by atoms with Crippen molar-refractivity contribution >= 4 is 11.0 Å². The smallest absolute Gasteiger partial charge is 0.196 e. The van der Waals surface area contributed by atoms with E-state index < -0.39 is 5.60 Å². The molecule has 6 heteroatoms. The first-order valence-corrected chi connectivity index (χ1v) is 9.22. The van der Waals surface area contributed by atoms with Gasteiger partial charge in [0.15, 0.2) is 5.43 Å². The predicted molar refractivity (Wildman–Crippen MR) is 95.8 cm³/mol. The summed E-state index contributed by atoms with van der Waals surface area (Å²) in [4.78, 5) is 12.7. The van der Waals surface area contributed by atoms with Gasteiger partial charge < -0.3 is 24.1 Å². The van der Waals surface area contributed by atoms with E-state index in [0.717, 1.165) is 24.8 Å². The molecule has 0 unspecified atom stereocenters. The van der Waals surface area contributed by atoms with Crippen LogP contribution in [-0.4, -0.2) is 28.5 Å². The molecule has 0 saturated heterocycles. The van der Waals surface area contributed by atoms with E-state index in [-0.39, 0.29) is 29.8 Å². The second kappa shape index (κ2) is 6.28. The van der Waals surface area contributed by atoms with Crippen LogP contribution in [0.2, 0.25) is 0 Å². The molecule has 1 aliphatic carbocycles. The Morgan fingerprint density at radius 2 is 2.19 bits per heavy atom. The standard InChI is InChI=1S/C20H24O6/c1-3-7-24-18-16-12-5-4-6-20(2,23)19(12)26-14(16)9-15-17(18)13(22)8-11(10-21)25-15/h8-9,12,19,21,23H,3-7,10H2,1-2H3/t12-,19+,20-/m1/s1. The normalized spacial score (nSPS) is 27.1. The summed E-state index contributed by atoms with van der Waals surface area (Å²) >= 11 is 0. The molecule has 4 rings (SSSR count). The van der Waals surface area contributed by atoms with Gasteiger partial charge in [0, 0.05) is 23.6 Å². The largest absolute Gasteiger partial charge is 0.492 e. The summed E-state index contributed by atoms with van der Waals surface area (Å²) in [6.45, 7) is 3.92. The van der Waals surface area contributed by atoms with Gasteiger partial charge in [-0.15, -0.1) is 0 Å². The maximum absolute atomic E-state index is 12.7. The first kappa shape index (κ1) is 17.4.